The minimum Gasteiger partial charge on any atom is -0.261 e. The summed E-state index contributed by atoms with van der Waals surface area (Å²) in [6.07, 6.45) is 5.69. The second-order valence-electron chi connectivity index (χ2n) is 3.83. The molecule has 0 radical (unpaired) electrons. The number of nitrogens with zero attached hydrogens (tertiary/aromatic N) is 1. The van der Waals surface area contributed by atoms with Gasteiger partial charge in [0.05, 0.1) is 0 Å². The number of aryl methyl sites for hydroxylation is 1. The van der Waals surface area contributed by atoms with Gasteiger partial charge in [-0.1, -0.05) is 13.8 Å². The van der Waals surface area contributed by atoms with Gasteiger partial charge in [-0.3, -0.25) is 4.98 Å². The second kappa shape index (κ2) is 2.89. The second-order valence-corrected chi connectivity index (χ2v) is 3.83. The van der Waals surface area contributed by atoms with Crippen molar-refractivity contribution in [1.82, 2.24) is 4.98 Å². The fraction of sp³-hybridized carbons (Fsp3) is 0.545. The third kappa shape index (κ3) is 1.13. The van der Waals surface area contributed by atoms with E-state index in [1.807, 2.05) is 6.20 Å². The van der Waals surface area contributed by atoms with Crippen LogP contribution < -0.4 is 0 Å². The molecule has 64 valence electrons. The van der Waals surface area contributed by atoms with Crippen molar-refractivity contribution in [1.29, 1.82) is 0 Å². The summed E-state index contributed by atoms with van der Waals surface area (Å²) in [5, 5.41) is 0. The Hall–Kier alpha value is -0.850. The van der Waals surface area contributed by atoms with E-state index >= 15 is 0 Å². The van der Waals surface area contributed by atoms with Gasteiger partial charge in [0.15, 0.2) is 0 Å². The van der Waals surface area contributed by atoms with Crippen LogP contribution in [0.2, 0.25) is 0 Å². The van der Waals surface area contributed by atoms with Crippen LogP contribution in [0.3, 0.4) is 0 Å². The van der Waals surface area contributed by atoms with Crippen molar-refractivity contribution < 1.29 is 0 Å². The minimum atomic E-state index is 0.653. The monoisotopic (exact) mass is 161 g/mol. The largest absolute Gasteiger partial charge is 0.261 e. The van der Waals surface area contributed by atoms with Gasteiger partial charge in [-0.05, 0) is 42.4 Å². The van der Waals surface area contributed by atoms with Gasteiger partial charge in [0, 0.05) is 11.9 Å². The first-order chi connectivity index (χ1) is 5.79. The summed E-state index contributed by atoms with van der Waals surface area (Å²) < 4.78 is 0. The number of pyridine rings is 1. The molecular formula is C11H15N. The summed E-state index contributed by atoms with van der Waals surface area (Å²) in [6.45, 7) is 4.52. The zero-order valence-corrected chi connectivity index (χ0v) is 7.80. The van der Waals surface area contributed by atoms with Gasteiger partial charge >= 0.3 is 0 Å². The van der Waals surface area contributed by atoms with E-state index in [0.717, 1.165) is 0 Å². The summed E-state index contributed by atoms with van der Waals surface area (Å²) >= 11 is 0. The van der Waals surface area contributed by atoms with Crippen molar-refractivity contribution in [2.45, 2.75) is 39.0 Å². The fourth-order valence-electron chi connectivity index (χ4n) is 2.03. The molecule has 0 saturated carbocycles. The highest BCUT2D eigenvalue weighted by Crippen LogP contribution is 2.27. The molecule has 1 aromatic heterocycles. The molecule has 2 rings (SSSR count). The van der Waals surface area contributed by atoms with E-state index in [0.29, 0.717) is 5.92 Å². The summed E-state index contributed by atoms with van der Waals surface area (Å²) in [5.74, 6) is 0.653. The lowest BCUT2D eigenvalue weighted by Crippen LogP contribution is -1.97. The summed E-state index contributed by atoms with van der Waals surface area (Å²) in [7, 11) is 0. The molecule has 0 aromatic carbocycles. The average molecular weight is 161 g/mol. The van der Waals surface area contributed by atoms with E-state index in [9.17, 15) is 0 Å². The average Bonchev–Trinajstić information content (AvgIpc) is 2.49. The highest BCUT2D eigenvalue weighted by molar-refractivity contribution is 5.35. The van der Waals surface area contributed by atoms with Crippen LogP contribution in [0.25, 0.3) is 0 Å². The molecule has 0 bridgehead atoms. The molecule has 0 amide bonds. The molecule has 1 aliphatic carbocycles. The molecular weight excluding hydrogens is 146 g/mol. The molecule has 1 heterocycles. The first-order valence-corrected chi connectivity index (χ1v) is 4.75. The quantitative estimate of drug-likeness (QED) is 0.617. The Morgan fingerprint density at radius 1 is 1.33 bits per heavy atom. The molecule has 0 atom stereocenters. The molecule has 0 aliphatic heterocycles. The smallest absolute Gasteiger partial charge is 0.0438 e. The number of aromatic nitrogens is 1. The standard InChI is InChI=1S/C11H15N/c1-8(2)9-6-7-12-11-5-3-4-10(9)11/h6-8H,3-5H2,1-2H3. The van der Waals surface area contributed by atoms with Crippen LogP contribution in [0.15, 0.2) is 12.3 Å². The van der Waals surface area contributed by atoms with Crippen LogP contribution in [-0.4, -0.2) is 4.98 Å². The number of rotatable bonds is 1. The molecule has 0 fully saturated rings. The maximum absolute atomic E-state index is 4.40. The van der Waals surface area contributed by atoms with E-state index in [1.54, 1.807) is 0 Å². The molecule has 0 spiro atoms. The number of fused-ring (bicyclic) bond motifs is 1. The highest BCUT2D eigenvalue weighted by atomic mass is 14.7. The van der Waals surface area contributed by atoms with Crippen molar-refractivity contribution in [2.24, 2.45) is 0 Å². The van der Waals surface area contributed by atoms with Crippen LogP contribution in [-0.2, 0) is 12.8 Å². The van der Waals surface area contributed by atoms with Crippen LogP contribution in [0, 0.1) is 0 Å². The molecule has 1 nitrogen and oxygen atoms in total. The summed E-state index contributed by atoms with van der Waals surface area (Å²) in [5.41, 5.74) is 4.39. The van der Waals surface area contributed by atoms with E-state index < -0.39 is 0 Å². The Labute approximate surface area is 73.8 Å². The third-order valence-corrected chi connectivity index (χ3v) is 2.64. The SMILES string of the molecule is CC(C)c1ccnc2c1CCC2. The predicted molar refractivity (Wildman–Crippen MR) is 50.4 cm³/mol. The van der Waals surface area contributed by atoms with Crippen LogP contribution in [0.5, 0.6) is 0 Å². The van der Waals surface area contributed by atoms with Gasteiger partial charge in [-0.2, -0.15) is 0 Å². The zero-order chi connectivity index (χ0) is 8.55. The molecule has 0 unspecified atom stereocenters. The van der Waals surface area contributed by atoms with E-state index in [-0.39, 0.29) is 0 Å². The topological polar surface area (TPSA) is 12.9 Å². The van der Waals surface area contributed by atoms with Crippen molar-refractivity contribution in [3.05, 3.63) is 29.1 Å². The molecule has 0 N–H and O–H groups in total. The van der Waals surface area contributed by atoms with Crippen molar-refractivity contribution in [3.63, 3.8) is 0 Å². The van der Waals surface area contributed by atoms with Gasteiger partial charge in [0.25, 0.3) is 0 Å². The van der Waals surface area contributed by atoms with E-state index in [4.69, 9.17) is 0 Å². The maximum Gasteiger partial charge on any atom is 0.0438 e. The summed E-state index contributed by atoms with van der Waals surface area (Å²) in [4.78, 5) is 4.40. The molecule has 12 heavy (non-hydrogen) atoms. The van der Waals surface area contributed by atoms with E-state index in [1.165, 1.54) is 36.1 Å². The van der Waals surface area contributed by atoms with E-state index in [2.05, 4.69) is 24.9 Å². The Bertz CT molecular complexity index is 289. The first kappa shape index (κ1) is 7.78. The maximum atomic E-state index is 4.40. The van der Waals surface area contributed by atoms with Crippen LogP contribution >= 0.6 is 0 Å². The van der Waals surface area contributed by atoms with Gasteiger partial charge in [0.2, 0.25) is 0 Å². The lowest BCUT2D eigenvalue weighted by Gasteiger charge is -2.10. The van der Waals surface area contributed by atoms with Crippen molar-refractivity contribution >= 4 is 0 Å². The van der Waals surface area contributed by atoms with Gasteiger partial charge in [0.1, 0.15) is 0 Å². The highest BCUT2D eigenvalue weighted by Gasteiger charge is 2.16. The van der Waals surface area contributed by atoms with Crippen LogP contribution in [0.1, 0.15) is 43.0 Å². The van der Waals surface area contributed by atoms with Crippen molar-refractivity contribution in [2.75, 3.05) is 0 Å². The van der Waals surface area contributed by atoms with Gasteiger partial charge in [-0.25, -0.2) is 0 Å². The first-order valence-electron chi connectivity index (χ1n) is 4.75. The molecule has 1 heteroatoms. The van der Waals surface area contributed by atoms with Crippen molar-refractivity contribution in [3.8, 4) is 0 Å². The predicted octanol–water partition coefficient (Wildman–Crippen LogP) is 2.69. The zero-order valence-electron chi connectivity index (χ0n) is 7.80. The van der Waals surface area contributed by atoms with Gasteiger partial charge < -0.3 is 0 Å². The lowest BCUT2D eigenvalue weighted by atomic mass is 9.98. The molecule has 1 aromatic rings. The Morgan fingerprint density at radius 2 is 2.17 bits per heavy atom. The fourth-order valence-corrected chi connectivity index (χ4v) is 2.03. The number of hydrogen-bond donors (Lipinski definition) is 0. The summed E-state index contributed by atoms with van der Waals surface area (Å²) in [6, 6.07) is 2.18. The minimum absolute atomic E-state index is 0.653. The van der Waals surface area contributed by atoms with Crippen LogP contribution in [0.4, 0.5) is 0 Å². The Balaban J connectivity index is 2.49. The lowest BCUT2D eigenvalue weighted by molar-refractivity contribution is 0.837. The third-order valence-electron chi connectivity index (χ3n) is 2.64. The number of hydrogen-bond acceptors (Lipinski definition) is 1. The molecule has 0 saturated heterocycles. The van der Waals surface area contributed by atoms with Gasteiger partial charge in [-0.15, -0.1) is 0 Å². The normalized spacial score (nSPS) is 15.2. The molecule has 1 aliphatic rings. The Kier molecular flexibility index (Phi) is 1.87. The Morgan fingerprint density at radius 3 is 2.92 bits per heavy atom.